The first-order chi connectivity index (χ1) is 11.4. The van der Waals surface area contributed by atoms with Gasteiger partial charge in [0, 0.05) is 32.6 Å². The summed E-state index contributed by atoms with van der Waals surface area (Å²) in [6.45, 7) is 3.27. The van der Waals surface area contributed by atoms with Crippen molar-refractivity contribution in [2.45, 2.75) is 31.8 Å². The number of amides is 1. The number of hydrogen-bond donors (Lipinski definition) is 1. The molecule has 0 bridgehead atoms. The Bertz CT molecular complexity index is 757. The van der Waals surface area contributed by atoms with E-state index in [2.05, 4.69) is 14.9 Å². The smallest absolute Gasteiger partial charge is 0.225 e. The lowest BCUT2D eigenvalue weighted by atomic mass is 9.89. The monoisotopic (exact) mass is 328 g/mol. The van der Waals surface area contributed by atoms with Crippen LogP contribution in [0.2, 0.25) is 0 Å². The molecule has 1 fully saturated rings. The van der Waals surface area contributed by atoms with E-state index in [1.807, 2.05) is 25.1 Å². The third-order valence-corrected chi connectivity index (χ3v) is 4.69. The Balaban J connectivity index is 1.92. The summed E-state index contributed by atoms with van der Waals surface area (Å²) in [6, 6.07) is 6.00. The van der Waals surface area contributed by atoms with Crippen LogP contribution in [0.5, 0.6) is 0 Å². The molecule has 1 N–H and O–H groups in total. The minimum absolute atomic E-state index is 0.0527. The van der Waals surface area contributed by atoms with Crippen molar-refractivity contribution in [3.05, 3.63) is 30.1 Å². The van der Waals surface area contributed by atoms with Crippen LogP contribution in [-0.2, 0) is 4.79 Å². The Morgan fingerprint density at radius 1 is 1.38 bits per heavy atom. The lowest BCUT2D eigenvalue weighted by Gasteiger charge is -2.40. The van der Waals surface area contributed by atoms with E-state index in [-0.39, 0.29) is 12.3 Å². The third-order valence-electron chi connectivity index (χ3n) is 4.69. The Labute approximate surface area is 142 Å². The molecule has 0 radical (unpaired) electrons. The molecule has 6 nitrogen and oxygen atoms in total. The first-order valence-electron chi connectivity index (χ1n) is 8.27. The van der Waals surface area contributed by atoms with Crippen molar-refractivity contribution in [2.75, 3.05) is 32.1 Å². The van der Waals surface area contributed by atoms with Gasteiger partial charge in [-0.1, -0.05) is 12.1 Å². The maximum Gasteiger partial charge on any atom is 0.225 e. The van der Waals surface area contributed by atoms with Crippen LogP contribution in [0.15, 0.2) is 24.5 Å². The predicted molar refractivity (Wildman–Crippen MR) is 94.0 cm³/mol. The largest absolute Gasteiger partial charge is 0.388 e. The molecule has 2 heterocycles. The number of piperidine rings is 1. The highest BCUT2D eigenvalue weighted by Gasteiger charge is 2.36. The fourth-order valence-electron chi connectivity index (χ4n) is 3.38. The molecule has 128 valence electrons. The quantitative estimate of drug-likeness (QED) is 0.929. The number of fused-ring (bicyclic) bond motifs is 1. The van der Waals surface area contributed by atoms with Gasteiger partial charge in [-0.05, 0) is 31.4 Å². The molecule has 1 aromatic carbocycles. The number of anilines is 1. The summed E-state index contributed by atoms with van der Waals surface area (Å²) in [5.41, 5.74) is 1.000. The maximum absolute atomic E-state index is 12.0. The van der Waals surface area contributed by atoms with Gasteiger partial charge in [0.2, 0.25) is 5.91 Å². The van der Waals surface area contributed by atoms with Gasteiger partial charge in [-0.15, -0.1) is 0 Å². The average Bonchev–Trinajstić information content (AvgIpc) is 2.54. The number of carbonyl (C=O) groups excluding carboxylic acids is 1. The molecular weight excluding hydrogens is 304 g/mol. The van der Waals surface area contributed by atoms with Crippen molar-refractivity contribution >= 4 is 22.6 Å². The molecule has 1 aromatic heterocycles. The van der Waals surface area contributed by atoms with E-state index >= 15 is 0 Å². The van der Waals surface area contributed by atoms with Gasteiger partial charge in [0.05, 0.1) is 17.5 Å². The molecular formula is C18H24N4O2. The van der Waals surface area contributed by atoms with Crippen LogP contribution in [0, 0.1) is 6.92 Å². The van der Waals surface area contributed by atoms with E-state index in [9.17, 15) is 9.90 Å². The zero-order valence-corrected chi connectivity index (χ0v) is 14.5. The summed E-state index contributed by atoms with van der Waals surface area (Å²) in [4.78, 5) is 24.5. The van der Waals surface area contributed by atoms with Gasteiger partial charge in [0.1, 0.15) is 12.1 Å². The standard InChI is InChI=1S/C18H24N4O2/c1-13-6-4-7-14-16(13)17(20-12-19-14)22-9-5-8-18(24,11-22)10-15(23)21(2)3/h4,6-7,12,24H,5,8-11H2,1-3H3. The molecule has 0 saturated carbocycles. The lowest BCUT2D eigenvalue weighted by Crippen LogP contribution is -2.50. The maximum atomic E-state index is 12.0. The molecule has 0 spiro atoms. The number of carbonyl (C=O) groups is 1. The summed E-state index contributed by atoms with van der Waals surface area (Å²) < 4.78 is 0. The van der Waals surface area contributed by atoms with Crippen molar-refractivity contribution in [2.24, 2.45) is 0 Å². The van der Waals surface area contributed by atoms with Crippen LogP contribution >= 0.6 is 0 Å². The highest BCUT2D eigenvalue weighted by molar-refractivity contribution is 5.92. The second-order valence-electron chi connectivity index (χ2n) is 6.88. The molecule has 1 amide bonds. The Morgan fingerprint density at radius 2 is 2.17 bits per heavy atom. The van der Waals surface area contributed by atoms with E-state index in [1.165, 1.54) is 4.90 Å². The zero-order valence-electron chi connectivity index (χ0n) is 14.5. The van der Waals surface area contributed by atoms with Crippen LogP contribution in [0.25, 0.3) is 10.9 Å². The first kappa shape index (κ1) is 16.6. The first-order valence-corrected chi connectivity index (χ1v) is 8.27. The molecule has 0 aliphatic carbocycles. The highest BCUT2D eigenvalue weighted by atomic mass is 16.3. The number of aromatic nitrogens is 2. The van der Waals surface area contributed by atoms with Gasteiger partial charge < -0.3 is 14.9 Å². The zero-order chi connectivity index (χ0) is 17.3. The second-order valence-corrected chi connectivity index (χ2v) is 6.88. The van der Waals surface area contributed by atoms with Crippen molar-refractivity contribution in [1.82, 2.24) is 14.9 Å². The lowest BCUT2D eigenvalue weighted by molar-refractivity contribution is -0.134. The SMILES string of the molecule is Cc1cccc2ncnc(N3CCCC(O)(CC(=O)N(C)C)C3)c12. The molecule has 1 aliphatic heterocycles. The van der Waals surface area contributed by atoms with Crippen molar-refractivity contribution in [3.63, 3.8) is 0 Å². The summed E-state index contributed by atoms with van der Waals surface area (Å²) in [6.07, 6.45) is 3.16. The number of aliphatic hydroxyl groups is 1. The minimum atomic E-state index is -1.01. The third kappa shape index (κ3) is 3.19. The Kier molecular flexibility index (Phi) is 4.41. The van der Waals surface area contributed by atoms with Gasteiger partial charge in [0.25, 0.3) is 0 Å². The average molecular weight is 328 g/mol. The molecule has 3 rings (SSSR count). The number of hydrogen-bond acceptors (Lipinski definition) is 5. The van der Waals surface area contributed by atoms with Crippen LogP contribution in [-0.4, -0.2) is 58.7 Å². The fourth-order valence-corrected chi connectivity index (χ4v) is 3.38. The van der Waals surface area contributed by atoms with Crippen LogP contribution in [0.4, 0.5) is 5.82 Å². The summed E-state index contributed by atoms with van der Waals surface area (Å²) >= 11 is 0. The van der Waals surface area contributed by atoms with E-state index < -0.39 is 5.60 Å². The van der Waals surface area contributed by atoms with Crippen molar-refractivity contribution in [3.8, 4) is 0 Å². The Morgan fingerprint density at radius 3 is 2.92 bits per heavy atom. The van der Waals surface area contributed by atoms with Crippen LogP contribution in [0.3, 0.4) is 0 Å². The summed E-state index contributed by atoms with van der Waals surface area (Å²) in [5.74, 6) is 0.789. The topological polar surface area (TPSA) is 69.6 Å². The van der Waals surface area contributed by atoms with Crippen LogP contribution < -0.4 is 4.90 Å². The van der Waals surface area contributed by atoms with E-state index in [4.69, 9.17) is 0 Å². The van der Waals surface area contributed by atoms with Crippen molar-refractivity contribution in [1.29, 1.82) is 0 Å². The number of β-amino-alcohol motifs (C(OH)–C–C–N with tert-alkyl or cyclic N) is 1. The summed E-state index contributed by atoms with van der Waals surface area (Å²) in [5, 5.41) is 11.9. The van der Waals surface area contributed by atoms with Crippen molar-refractivity contribution < 1.29 is 9.90 Å². The van der Waals surface area contributed by atoms with E-state index in [0.717, 1.165) is 35.2 Å². The van der Waals surface area contributed by atoms with Crippen LogP contribution in [0.1, 0.15) is 24.8 Å². The van der Waals surface area contributed by atoms with Gasteiger partial charge in [-0.25, -0.2) is 9.97 Å². The number of nitrogens with zero attached hydrogens (tertiary/aromatic N) is 4. The number of benzene rings is 1. The molecule has 1 saturated heterocycles. The predicted octanol–water partition coefficient (Wildman–Crippen LogP) is 1.75. The summed E-state index contributed by atoms with van der Waals surface area (Å²) in [7, 11) is 3.43. The van der Waals surface area contributed by atoms with Gasteiger partial charge in [0.15, 0.2) is 0 Å². The highest BCUT2D eigenvalue weighted by Crippen LogP contribution is 2.32. The fraction of sp³-hybridized carbons (Fsp3) is 0.500. The molecule has 1 aliphatic rings. The molecule has 2 aromatic rings. The molecule has 1 unspecified atom stereocenters. The minimum Gasteiger partial charge on any atom is -0.388 e. The number of aryl methyl sites for hydroxylation is 1. The Hall–Kier alpha value is -2.21. The molecule has 1 atom stereocenters. The second kappa shape index (κ2) is 6.36. The van der Waals surface area contributed by atoms with E-state index in [1.54, 1.807) is 20.4 Å². The van der Waals surface area contributed by atoms with Gasteiger partial charge in [-0.2, -0.15) is 0 Å². The number of rotatable bonds is 3. The molecule has 6 heteroatoms. The molecule has 24 heavy (non-hydrogen) atoms. The normalized spacial score (nSPS) is 21.1. The van der Waals surface area contributed by atoms with E-state index in [0.29, 0.717) is 13.0 Å². The van der Waals surface area contributed by atoms with Gasteiger partial charge in [-0.3, -0.25) is 4.79 Å². The van der Waals surface area contributed by atoms with Gasteiger partial charge >= 0.3 is 0 Å².